The number of nitrogens with zero attached hydrogens (tertiary/aromatic N) is 2. The van der Waals surface area contributed by atoms with Gasteiger partial charge in [0.1, 0.15) is 5.69 Å². The summed E-state index contributed by atoms with van der Waals surface area (Å²) in [5.41, 5.74) is 1.17. The fourth-order valence-electron chi connectivity index (χ4n) is 2.34. The van der Waals surface area contributed by atoms with E-state index in [0.29, 0.717) is 12.1 Å². The van der Waals surface area contributed by atoms with Crippen molar-refractivity contribution in [1.82, 2.24) is 15.1 Å². The van der Waals surface area contributed by atoms with E-state index in [9.17, 15) is 13.2 Å². The van der Waals surface area contributed by atoms with Crippen molar-refractivity contribution >= 4 is 15.7 Å². The molecule has 1 aliphatic rings. The summed E-state index contributed by atoms with van der Waals surface area (Å²) in [5.74, 6) is 0.106. The molecule has 7 heteroatoms. The highest BCUT2D eigenvalue weighted by molar-refractivity contribution is 7.91. The molecular formula is C13H21N3O3S. The van der Waals surface area contributed by atoms with Gasteiger partial charge in [0.2, 0.25) is 0 Å². The number of nitrogens with one attached hydrogen (secondary N) is 1. The number of amides is 1. The molecule has 1 fully saturated rings. The fraction of sp³-hybridized carbons (Fsp3) is 0.692. The van der Waals surface area contributed by atoms with Crippen molar-refractivity contribution in [2.75, 3.05) is 11.5 Å². The van der Waals surface area contributed by atoms with Crippen LogP contribution in [0.5, 0.6) is 0 Å². The van der Waals surface area contributed by atoms with Crippen molar-refractivity contribution in [1.29, 1.82) is 0 Å². The Hall–Kier alpha value is -1.37. The summed E-state index contributed by atoms with van der Waals surface area (Å²) >= 11 is 0. The zero-order valence-electron chi connectivity index (χ0n) is 12.1. The van der Waals surface area contributed by atoms with Crippen molar-refractivity contribution in [2.45, 2.75) is 45.7 Å². The third-order valence-corrected chi connectivity index (χ3v) is 5.45. The first kappa shape index (κ1) is 15.0. The number of rotatable bonds is 4. The van der Waals surface area contributed by atoms with Crippen LogP contribution < -0.4 is 5.32 Å². The lowest BCUT2D eigenvalue weighted by molar-refractivity contribution is 0.0933. The van der Waals surface area contributed by atoms with Crippen molar-refractivity contribution in [3.63, 3.8) is 0 Å². The normalized spacial score (nSPS) is 22.6. The van der Waals surface area contributed by atoms with Gasteiger partial charge in [-0.15, -0.1) is 0 Å². The number of aryl methyl sites for hydroxylation is 1. The molecule has 2 rings (SSSR count). The first-order valence-electron chi connectivity index (χ1n) is 6.90. The maximum atomic E-state index is 12.0. The molecule has 2 heterocycles. The second-order valence-corrected chi connectivity index (χ2v) is 7.68. The Bertz CT molecular complexity index is 606. The summed E-state index contributed by atoms with van der Waals surface area (Å²) < 4.78 is 24.7. The van der Waals surface area contributed by atoms with E-state index in [-0.39, 0.29) is 29.5 Å². The average Bonchev–Trinajstić information content (AvgIpc) is 2.92. The van der Waals surface area contributed by atoms with Crippen LogP contribution in [0.1, 0.15) is 48.9 Å². The van der Waals surface area contributed by atoms with E-state index in [1.807, 2.05) is 20.8 Å². The molecule has 1 amide bonds. The molecule has 0 bridgehead atoms. The standard InChI is InChI=1S/C13H21N3O3S/c1-4-9(2)14-13(17)12-7-10(3)16(15-12)11-5-6-20(18,19)8-11/h7,9,11H,4-6,8H2,1-3H3,(H,14,17). The zero-order valence-corrected chi connectivity index (χ0v) is 12.9. The molecule has 1 aliphatic heterocycles. The summed E-state index contributed by atoms with van der Waals surface area (Å²) in [5, 5.41) is 7.15. The molecule has 112 valence electrons. The molecule has 1 aromatic rings. The topological polar surface area (TPSA) is 81.1 Å². The molecule has 2 atom stereocenters. The molecule has 0 spiro atoms. The molecule has 1 aromatic heterocycles. The molecule has 0 aromatic carbocycles. The van der Waals surface area contributed by atoms with Gasteiger partial charge in [-0.25, -0.2) is 8.42 Å². The summed E-state index contributed by atoms with van der Waals surface area (Å²) in [7, 11) is -2.96. The first-order valence-corrected chi connectivity index (χ1v) is 8.72. The van der Waals surface area contributed by atoms with E-state index in [2.05, 4.69) is 10.4 Å². The largest absolute Gasteiger partial charge is 0.348 e. The van der Waals surface area contributed by atoms with Gasteiger partial charge < -0.3 is 5.32 Å². The van der Waals surface area contributed by atoms with Crippen LogP contribution in [0.15, 0.2) is 6.07 Å². The molecule has 20 heavy (non-hydrogen) atoms. The Morgan fingerprint density at radius 2 is 2.30 bits per heavy atom. The minimum Gasteiger partial charge on any atom is -0.348 e. The van der Waals surface area contributed by atoms with E-state index in [4.69, 9.17) is 0 Å². The van der Waals surface area contributed by atoms with E-state index >= 15 is 0 Å². The Kier molecular flexibility index (Phi) is 4.17. The number of carbonyl (C=O) groups is 1. The Balaban J connectivity index is 2.16. The number of hydrogen-bond acceptors (Lipinski definition) is 4. The predicted octanol–water partition coefficient (Wildman–Crippen LogP) is 1.08. The van der Waals surface area contributed by atoms with Gasteiger partial charge in [-0.05, 0) is 32.8 Å². The molecule has 6 nitrogen and oxygen atoms in total. The summed E-state index contributed by atoms with van der Waals surface area (Å²) in [4.78, 5) is 12.0. The quantitative estimate of drug-likeness (QED) is 0.902. The van der Waals surface area contributed by atoms with Crippen LogP contribution in [0.25, 0.3) is 0 Å². The SMILES string of the molecule is CCC(C)NC(=O)c1cc(C)n(C2CCS(=O)(=O)C2)n1. The minimum atomic E-state index is -2.96. The lowest BCUT2D eigenvalue weighted by atomic mass is 10.2. The number of carbonyl (C=O) groups excluding carboxylic acids is 1. The fourth-order valence-corrected chi connectivity index (χ4v) is 4.03. The molecule has 1 saturated heterocycles. The lowest BCUT2D eigenvalue weighted by Crippen LogP contribution is -2.32. The van der Waals surface area contributed by atoms with Crippen LogP contribution in [-0.2, 0) is 9.84 Å². The highest BCUT2D eigenvalue weighted by Gasteiger charge is 2.31. The molecule has 0 aliphatic carbocycles. The van der Waals surface area contributed by atoms with E-state index in [1.54, 1.807) is 10.7 Å². The Labute approximate surface area is 119 Å². The van der Waals surface area contributed by atoms with Crippen LogP contribution in [0, 0.1) is 6.92 Å². The zero-order chi connectivity index (χ0) is 14.9. The smallest absolute Gasteiger partial charge is 0.271 e. The first-order chi connectivity index (χ1) is 9.32. The van der Waals surface area contributed by atoms with Gasteiger partial charge in [0.05, 0.1) is 17.5 Å². The molecule has 2 unspecified atom stereocenters. The minimum absolute atomic E-state index is 0.0971. The maximum Gasteiger partial charge on any atom is 0.271 e. The highest BCUT2D eigenvalue weighted by Crippen LogP contribution is 2.24. The van der Waals surface area contributed by atoms with Gasteiger partial charge in [-0.3, -0.25) is 9.48 Å². The monoisotopic (exact) mass is 299 g/mol. The van der Waals surface area contributed by atoms with Gasteiger partial charge >= 0.3 is 0 Å². The van der Waals surface area contributed by atoms with E-state index in [0.717, 1.165) is 12.1 Å². The molecule has 1 N–H and O–H groups in total. The van der Waals surface area contributed by atoms with E-state index < -0.39 is 9.84 Å². The predicted molar refractivity (Wildman–Crippen MR) is 76.5 cm³/mol. The van der Waals surface area contributed by atoms with E-state index in [1.165, 1.54) is 0 Å². The van der Waals surface area contributed by atoms with Crippen molar-refractivity contribution < 1.29 is 13.2 Å². The van der Waals surface area contributed by atoms with Gasteiger partial charge in [-0.1, -0.05) is 6.92 Å². The molecular weight excluding hydrogens is 278 g/mol. The average molecular weight is 299 g/mol. The van der Waals surface area contributed by atoms with Gasteiger partial charge in [-0.2, -0.15) is 5.10 Å². The lowest BCUT2D eigenvalue weighted by Gasteiger charge is -2.11. The van der Waals surface area contributed by atoms with Gasteiger partial charge in [0, 0.05) is 11.7 Å². The second kappa shape index (κ2) is 5.55. The third kappa shape index (κ3) is 3.20. The maximum absolute atomic E-state index is 12.0. The Morgan fingerprint density at radius 1 is 1.60 bits per heavy atom. The van der Waals surface area contributed by atoms with Crippen LogP contribution in [-0.4, -0.2) is 41.7 Å². The second-order valence-electron chi connectivity index (χ2n) is 5.46. The summed E-state index contributed by atoms with van der Waals surface area (Å²) in [6.07, 6.45) is 1.42. The van der Waals surface area contributed by atoms with Crippen LogP contribution in [0.3, 0.4) is 0 Å². The van der Waals surface area contributed by atoms with Crippen LogP contribution >= 0.6 is 0 Å². The van der Waals surface area contributed by atoms with Gasteiger partial charge in [0.25, 0.3) is 5.91 Å². The highest BCUT2D eigenvalue weighted by atomic mass is 32.2. The van der Waals surface area contributed by atoms with Crippen LogP contribution in [0.4, 0.5) is 0 Å². The van der Waals surface area contributed by atoms with Gasteiger partial charge in [0.15, 0.2) is 9.84 Å². The summed E-state index contributed by atoms with van der Waals surface area (Å²) in [6.45, 7) is 5.78. The van der Waals surface area contributed by atoms with Crippen molar-refractivity contribution in [3.8, 4) is 0 Å². The number of hydrogen-bond donors (Lipinski definition) is 1. The van der Waals surface area contributed by atoms with Crippen molar-refractivity contribution in [2.24, 2.45) is 0 Å². The van der Waals surface area contributed by atoms with Crippen molar-refractivity contribution in [3.05, 3.63) is 17.5 Å². The third-order valence-electron chi connectivity index (χ3n) is 3.70. The molecule has 0 radical (unpaired) electrons. The number of sulfone groups is 1. The number of aromatic nitrogens is 2. The molecule has 0 saturated carbocycles. The summed E-state index contributed by atoms with van der Waals surface area (Å²) in [6, 6.07) is 1.66. The van der Waals surface area contributed by atoms with Crippen LogP contribution in [0.2, 0.25) is 0 Å². The Morgan fingerprint density at radius 3 is 2.85 bits per heavy atom.